The molecular formula is C26H28N2O5S. The van der Waals surface area contributed by atoms with Gasteiger partial charge in [-0.05, 0) is 67.9 Å². The topological polar surface area (TPSA) is 84.9 Å². The lowest BCUT2D eigenvalue weighted by Gasteiger charge is -2.26. The van der Waals surface area contributed by atoms with Crippen LogP contribution >= 0.6 is 0 Å². The van der Waals surface area contributed by atoms with Gasteiger partial charge in [0.15, 0.2) is 0 Å². The first kappa shape index (κ1) is 24.9. The normalized spacial score (nSPS) is 10.9. The molecule has 1 N–H and O–H groups in total. The maximum atomic E-state index is 13.6. The standard InChI is InChI=1S/C26H28N2O5S/c1-5-16-33-22-11-9-21(10-12-22)27-26(29)18-28(24-17-20(3)8-15-25(24)32-4)34(30,31)23-13-6-19(2)7-14-23/h5-15,17H,1,16,18H2,2-4H3,(H,27,29). The van der Waals surface area contributed by atoms with Crippen molar-refractivity contribution in [3.05, 3.63) is 90.5 Å². The predicted molar refractivity (Wildman–Crippen MR) is 134 cm³/mol. The molecule has 0 bridgehead atoms. The Hall–Kier alpha value is -3.78. The lowest BCUT2D eigenvalue weighted by atomic mass is 10.2. The Kier molecular flexibility index (Phi) is 7.96. The molecule has 0 fully saturated rings. The summed E-state index contributed by atoms with van der Waals surface area (Å²) in [5.41, 5.74) is 2.55. The average molecular weight is 481 g/mol. The van der Waals surface area contributed by atoms with Crippen LogP contribution in [0.4, 0.5) is 11.4 Å². The highest BCUT2D eigenvalue weighted by atomic mass is 32.2. The van der Waals surface area contributed by atoms with Crippen LogP contribution in [0.3, 0.4) is 0 Å². The molecule has 0 saturated carbocycles. The highest BCUT2D eigenvalue weighted by Gasteiger charge is 2.29. The molecule has 7 nitrogen and oxygen atoms in total. The van der Waals surface area contributed by atoms with Gasteiger partial charge in [-0.1, -0.05) is 36.4 Å². The first-order valence-corrected chi connectivity index (χ1v) is 12.1. The molecule has 0 aliphatic carbocycles. The third-order valence-corrected chi connectivity index (χ3v) is 6.78. The number of benzene rings is 3. The summed E-state index contributed by atoms with van der Waals surface area (Å²) >= 11 is 0. The predicted octanol–water partition coefficient (Wildman–Crippen LogP) is 4.71. The highest BCUT2D eigenvalue weighted by molar-refractivity contribution is 7.92. The van der Waals surface area contributed by atoms with Gasteiger partial charge in [0.1, 0.15) is 24.7 Å². The third kappa shape index (κ3) is 5.96. The number of nitrogens with one attached hydrogen (secondary N) is 1. The molecule has 0 unspecified atom stereocenters. The maximum absolute atomic E-state index is 13.6. The summed E-state index contributed by atoms with van der Waals surface area (Å²) < 4.78 is 39.2. The van der Waals surface area contributed by atoms with Crippen LogP contribution in [0.25, 0.3) is 0 Å². The molecule has 1 amide bonds. The van der Waals surface area contributed by atoms with E-state index >= 15 is 0 Å². The number of aryl methyl sites for hydroxylation is 2. The van der Waals surface area contributed by atoms with Gasteiger partial charge in [0.25, 0.3) is 10.0 Å². The molecule has 3 aromatic rings. The van der Waals surface area contributed by atoms with Crippen LogP contribution in [0, 0.1) is 13.8 Å². The van der Waals surface area contributed by atoms with Crippen molar-refractivity contribution in [3.8, 4) is 11.5 Å². The fourth-order valence-electron chi connectivity index (χ4n) is 3.25. The van der Waals surface area contributed by atoms with Crippen molar-refractivity contribution in [2.24, 2.45) is 0 Å². The Morgan fingerprint density at radius 2 is 1.65 bits per heavy atom. The van der Waals surface area contributed by atoms with Crippen molar-refractivity contribution < 1.29 is 22.7 Å². The fraction of sp³-hybridized carbons (Fsp3) is 0.192. The number of hydrogen-bond donors (Lipinski definition) is 1. The summed E-state index contributed by atoms with van der Waals surface area (Å²) in [6.45, 7) is 7.25. The lowest BCUT2D eigenvalue weighted by Crippen LogP contribution is -2.38. The van der Waals surface area contributed by atoms with Crippen LogP contribution in [-0.2, 0) is 14.8 Å². The van der Waals surface area contributed by atoms with Crippen molar-refractivity contribution in [2.45, 2.75) is 18.7 Å². The number of amides is 1. The van der Waals surface area contributed by atoms with Gasteiger partial charge in [0.2, 0.25) is 5.91 Å². The van der Waals surface area contributed by atoms with Crippen molar-refractivity contribution in [1.29, 1.82) is 0 Å². The van der Waals surface area contributed by atoms with E-state index in [-0.39, 0.29) is 10.6 Å². The quantitative estimate of drug-likeness (QED) is 0.425. The first-order valence-electron chi connectivity index (χ1n) is 10.6. The zero-order valence-electron chi connectivity index (χ0n) is 19.4. The fourth-order valence-corrected chi connectivity index (χ4v) is 4.68. The number of carbonyl (C=O) groups excluding carboxylic acids is 1. The zero-order chi connectivity index (χ0) is 24.7. The van der Waals surface area contributed by atoms with E-state index in [0.29, 0.717) is 23.8 Å². The van der Waals surface area contributed by atoms with E-state index in [9.17, 15) is 13.2 Å². The van der Waals surface area contributed by atoms with Gasteiger partial charge in [0.05, 0.1) is 17.7 Å². The number of anilines is 2. The number of carbonyl (C=O) groups is 1. The monoisotopic (exact) mass is 480 g/mol. The molecule has 0 atom stereocenters. The molecule has 0 saturated heterocycles. The largest absolute Gasteiger partial charge is 0.495 e. The van der Waals surface area contributed by atoms with Crippen LogP contribution in [0.1, 0.15) is 11.1 Å². The van der Waals surface area contributed by atoms with Gasteiger partial charge in [-0.15, -0.1) is 0 Å². The molecule has 178 valence electrons. The van der Waals surface area contributed by atoms with E-state index in [0.717, 1.165) is 15.4 Å². The summed E-state index contributed by atoms with van der Waals surface area (Å²) in [6.07, 6.45) is 1.64. The number of hydrogen-bond acceptors (Lipinski definition) is 5. The smallest absolute Gasteiger partial charge is 0.264 e. The van der Waals surface area contributed by atoms with Gasteiger partial charge in [-0.2, -0.15) is 0 Å². The average Bonchev–Trinajstić information content (AvgIpc) is 2.82. The molecular weight excluding hydrogens is 452 g/mol. The molecule has 0 heterocycles. The molecule has 8 heteroatoms. The molecule has 0 aliphatic heterocycles. The molecule has 3 aromatic carbocycles. The summed E-state index contributed by atoms with van der Waals surface area (Å²) in [7, 11) is -2.60. The minimum absolute atomic E-state index is 0.0816. The SMILES string of the molecule is C=CCOc1ccc(NC(=O)CN(c2cc(C)ccc2OC)S(=O)(=O)c2ccc(C)cc2)cc1. The number of sulfonamides is 1. The Morgan fingerprint density at radius 3 is 2.26 bits per heavy atom. The number of rotatable bonds is 10. The lowest BCUT2D eigenvalue weighted by molar-refractivity contribution is -0.114. The summed E-state index contributed by atoms with van der Waals surface area (Å²) in [5.74, 6) is 0.475. The van der Waals surface area contributed by atoms with E-state index in [1.807, 2.05) is 19.9 Å². The Morgan fingerprint density at radius 1 is 1.00 bits per heavy atom. The second kappa shape index (κ2) is 10.9. The van der Waals surface area contributed by atoms with Crippen molar-refractivity contribution in [3.63, 3.8) is 0 Å². The van der Waals surface area contributed by atoms with Gasteiger partial charge >= 0.3 is 0 Å². The highest BCUT2D eigenvalue weighted by Crippen LogP contribution is 2.33. The van der Waals surface area contributed by atoms with Gasteiger partial charge in [-0.3, -0.25) is 9.10 Å². The molecule has 3 rings (SSSR count). The maximum Gasteiger partial charge on any atom is 0.264 e. The van der Waals surface area contributed by atoms with E-state index in [2.05, 4.69) is 11.9 Å². The summed E-state index contributed by atoms with van der Waals surface area (Å²) in [5, 5.41) is 2.75. The third-order valence-electron chi connectivity index (χ3n) is 5.01. The number of methoxy groups -OCH3 is 1. The second-order valence-corrected chi connectivity index (χ2v) is 9.53. The van der Waals surface area contributed by atoms with E-state index < -0.39 is 22.5 Å². The van der Waals surface area contributed by atoms with E-state index in [4.69, 9.17) is 9.47 Å². The van der Waals surface area contributed by atoms with Crippen LogP contribution < -0.4 is 19.1 Å². The molecule has 0 aliphatic rings. The molecule has 0 spiro atoms. The van der Waals surface area contributed by atoms with Crippen molar-refractivity contribution >= 4 is 27.3 Å². The summed E-state index contributed by atoms with van der Waals surface area (Å²) in [6, 6.07) is 18.5. The summed E-state index contributed by atoms with van der Waals surface area (Å²) in [4.78, 5) is 13.0. The minimum Gasteiger partial charge on any atom is -0.495 e. The van der Waals surface area contributed by atoms with E-state index in [1.165, 1.54) is 19.2 Å². The zero-order valence-corrected chi connectivity index (χ0v) is 20.3. The Balaban J connectivity index is 1.93. The Labute approximate surface area is 200 Å². The Bertz CT molecular complexity index is 1250. The van der Waals surface area contributed by atoms with E-state index in [1.54, 1.807) is 54.6 Å². The van der Waals surface area contributed by atoms with Gasteiger partial charge in [0, 0.05) is 5.69 Å². The first-order chi connectivity index (χ1) is 16.2. The van der Waals surface area contributed by atoms with Crippen LogP contribution in [0.15, 0.2) is 84.3 Å². The molecule has 0 radical (unpaired) electrons. The number of nitrogens with zero attached hydrogens (tertiary/aromatic N) is 1. The molecule has 34 heavy (non-hydrogen) atoms. The number of ether oxygens (including phenoxy) is 2. The van der Waals surface area contributed by atoms with Gasteiger partial charge < -0.3 is 14.8 Å². The van der Waals surface area contributed by atoms with Gasteiger partial charge in [-0.25, -0.2) is 8.42 Å². The van der Waals surface area contributed by atoms with Crippen LogP contribution in [0.5, 0.6) is 11.5 Å². The van der Waals surface area contributed by atoms with Crippen LogP contribution in [-0.4, -0.2) is 34.6 Å². The van der Waals surface area contributed by atoms with Crippen molar-refractivity contribution in [2.75, 3.05) is 29.9 Å². The van der Waals surface area contributed by atoms with Crippen molar-refractivity contribution in [1.82, 2.24) is 0 Å². The molecule has 0 aromatic heterocycles. The van der Waals surface area contributed by atoms with Crippen LogP contribution in [0.2, 0.25) is 0 Å². The second-order valence-electron chi connectivity index (χ2n) is 7.67. The minimum atomic E-state index is -4.06.